The van der Waals surface area contributed by atoms with E-state index < -0.39 is 11.6 Å². The molecule has 0 unspecified atom stereocenters. The van der Waals surface area contributed by atoms with Gasteiger partial charge in [0.25, 0.3) is 0 Å². The van der Waals surface area contributed by atoms with Gasteiger partial charge in [0.05, 0.1) is 12.7 Å². The average molecular weight is 491 g/mol. The summed E-state index contributed by atoms with van der Waals surface area (Å²) in [6.45, 7) is 0. The molecule has 0 radical (unpaired) electrons. The Morgan fingerprint density at radius 1 is 0.914 bits per heavy atom. The lowest BCUT2D eigenvalue weighted by Crippen LogP contribution is -2.33. The van der Waals surface area contributed by atoms with Gasteiger partial charge in [-0.15, -0.1) is 0 Å². The van der Waals surface area contributed by atoms with Crippen LogP contribution in [-0.2, 0) is 10.3 Å². The van der Waals surface area contributed by atoms with Crippen LogP contribution in [0.25, 0.3) is 0 Å². The summed E-state index contributed by atoms with van der Waals surface area (Å²) in [5.74, 6) is 0.138. The van der Waals surface area contributed by atoms with Crippen LogP contribution < -0.4 is 14.8 Å². The molecular weight excluding hydrogens is 476 g/mol. The molecule has 0 aliphatic carbocycles. The highest BCUT2D eigenvalue weighted by Crippen LogP contribution is 2.57. The van der Waals surface area contributed by atoms with Crippen molar-refractivity contribution >= 4 is 29.2 Å². The molecule has 1 spiro atoms. The molecular formula is C24H15ClN4O6. The van der Waals surface area contributed by atoms with Gasteiger partial charge >= 0.3 is 12.0 Å². The first kappa shape index (κ1) is 21.0. The zero-order valence-electron chi connectivity index (χ0n) is 17.9. The summed E-state index contributed by atoms with van der Waals surface area (Å²) in [6.07, 6.45) is 0. The van der Waals surface area contributed by atoms with Crippen molar-refractivity contribution in [1.29, 1.82) is 0 Å². The van der Waals surface area contributed by atoms with Crippen molar-refractivity contribution in [3.63, 3.8) is 0 Å². The zero-order valence-corrected chi connectivity index (χ0v) is 18.7. The standard InChI is InChI=1S/C24H15ClN4O6/c1-33-23-28-21(25)27-22(29-23)26-11-2-5-14-17(8-11)24(35-20(14)32)15-6-3-12(30)9-18(15)34-19-10-13(31)4-7-16(19)24/h2-10,30-31H,1H3,(H,26,27,28,29). The van der Waals surface area contributed by atoms with Gasteiger partial charge < -0.3 is 29.7 Å². The number of nitrogens with one attached hydrogen (secondary N) is 1. The number of hydrogen-bond acceptors (Lipinski definition) is 10. The van der Waals surface area contributed by atoms with Crippen molar-refractivity contribution in [2.45, 2.75) is 5.60 Å². The van der Waals surface area contributed by atoms with Crippen LogP contribution in [0.2, 0.25) is 5.28 Å². The number of esters is 1. The van der Waals surface area contributed by atoms with Gasteiger partial charge in [-0.2, -0.15) is 15.0 Å². The van der Waals surface area contributed by atoms with E-state index in [1.165, 1.54) is 31.4 Å². The van der Waals surface area contributed by atoms with E-state index in [0.717, 1.165) is 0 Å². The van der Waals surface area contributed by atoms with Gasteiger partial charge in [0.2, 0.25) is 11.2 Å². The van der Waals surface area contributed by atoms with Crippen LogP contribution in [0, 0.1) is 0 Å². The number of hydrogen-bond donors (Lipinski definition) is 3. The molecule has 3 aromatic carbocycles. The number of aromatic nitrogens is 3. The molecule has 0 bridgehead atoms. The highest BCUT2D eigenvalue weighted by atomic mass is 35.5. The SMILES string of the molecule is COc1nc(Cl)nc(Nc2ccc3c(c2)C2(OC3=O)c3ccc(O)cc3Oc3cc(O)ccc32)n1. The Bertz CT molecular complexity index is 1490. The number of rotatable bonds is 3. The van der Waals surface area contributed by atoms with Gasteiger partial charge in [-0.05, 0) is 54.1 Å². The lowest BCUT2D eigenvalue weighted by atomic mass is 9.77. The van der Waals surface area contributed by atoms with Crippen LogP contribution >= 0.6 is 11.6 Å². The molecule has 10 nitrogen and oxygen atoms in total. The van der Waals surface area contributed by atoms with Gasteiger partial charge in [0, 0.05) is 34.5 Å². The number of methoxy groups -OCH3 is 1. The number of aromatic hydroxyl groups is 2. The van der Waals surface area contributed by atoms with Gasteiger partial charge in [-0.3, -0.25) is 0 Å². The summed E-state index contributed by atoms with van der Waals surface area (Å²) in [6, 6.07) is 14.2. The Morgan fingerprint density at radius 3 is 2.26 bits per heavy atom. The molecule has 6 rings (SSSR count). The second-order valence-electron chi connectivity index (χ2n) is 7.83. The van der Waals surface area contributed by atoms with Crippen molar-refractivity contribution in [3.05, 3.63) is 82.1 Å². The third-order valence-electron chi connectivity index (χ3n) is 5.80. The minimum Gasteiger partial charge on any atom is -0.508 e. The summed E-state index contributed by atoms with van der Waals surface area (Å²) >= 11 is 5.96. The van der Waals surface area contributed by atoms with Gasteiger partial charge in [-0.25, -0.2) is 4.79 Å². The molecule has 0 saturated heterocycles. The van der Waals surface area contributed by atoms with Crippen molar-refractivity contribution in [3.8, 4) is 29.0 Å². The van der Waals surface area contributed by atoms with Crippen LogP contribution in [0.5, 0.6) is 29.0 Å². The average Bonchev–Trinajstić information content (AvgIpc) is 3.10. The summed E-state index contributed by atoms with van der Waals surface area (Å²) in [5, 5.41) is 23.1. The number of phenols is 2. The summed E-state index contributed by atoms with van der Waals surface area (Å²) in [4.78, 5) is 25.1. The molecule has 2 aliphatic rings. The minimum absolute atomic E-state index is 0.0249. The number of halogens is 1. The maximum Gasteiger partial charge on any atom is 0.340 e. The molecule has 3 N–H and O–H groups in total. The fourth-order valence-electron chi connectivity index (χ4n) is 4.38. The number of ether oxygens (including phenoxy) is 3. The van der Waals surface area contributed by atoms with Crippen molar-refractivity contribution < 1.29 is 29.2 Å². The third-order valence-corrected chi connectivity index (χ3v) is 5.97. The predicted octanol–water partition coefficient (Wildman–Crippen LogP) is 4.26. The van der Waals surface area contributed by atoms with Crippen LogP contribution in [0.1, 0.15) is 27.0 Å². The lowest BCUT2D eigenvalue weighted by molar-refractivity contribution is 0.0224. The highest BCUT2D eigenvalue weighted by molar-refractivity contribution is 6.28. The maximum atomic E-state index is 13.0. The number of benzene rings is 3. The predicted molar refractivity (Wildman–Crippen MR) is 123 cm³/mol. The van der Waals surface area contributed by atoms with E-state index in [4.69, 9.17) is 25.8 Å². The Balaban J connectivity index is 1.55. The Labute approximate surface area is 202 Å². The van der Waals surface area contributed by atoms with Crippen LogP contribution in [0.15, 0.2) is 54.6 Å². The molecule has 11 heteroatoms. The van der Waals surface area contributed by atoms with Crippen LogP contribution in [0.3, 0.4) is 0 Å². The van der Waals surface area contributed by atoms with E-state index in [1.807, 2.05) is 0 Å². The summed E-state index contributed by atoms with van der Waals surface area (Å²) in [7, 11) is 1.41. The lowest BCUT2D eigenvalue weighted by Gasteiger charge is -2.36. The molecule has 0 fully saturated rings. The quantitative estimate of drug-likeness (QED) is 0.357. The fraction of sp³-hybridized carbons (Fsp3) is 0.0833. The monoisotopic (exact) mass is 490 g/mol. The molecule has 2 aliphatic heterocycles. The first-order valence-corrected chi connectivity index (χ1v) is 10.7. The van der Waals surface area contributed by atoms with E-state index in [1.54, 1.807) is 30.3 Å². The Hall–Kier alpha value is -4.57. The fourth-order valence-corrected chi connectivity index (χ4v) is 4.54. The number of phenolic OH excluding ortho intramolecular Hbond substituents is 2. The van der Waals surface area contributed by atoms with E-state index in [9.17, 15) is 15.0 Å². The van der Waals surface area contributed by atoms with Gasteiger partial charge in [0.15, 0.2) is 5.60 Å². The molecule has 4 aromatic rings. The molecule has 1 aromatic heterocycles. The largest absolute Gasteiger partial charge is 0.508 e. The smallest absolute Gasteiger partial charge is 0.340 e. The van der Waals surface area contributed by atoms with Crippen molar-refractivity contribution in [2.24, 2.45) is 0 Å². The molecule has 35 heavy (non-hydrogen) atoms. The normalized spacial score (nSPS) is 14.4. The number of carbonyl (C=O) groups is 1. The second-order valence-corrected chi connectivity index (χ2v) is 8.17. The first-order chi connectivity index (χ1) is 16.9. The van der Waals surface area contributed by atoms with E-state index in [2.05, 4.69) is 20.3 Å². The van der Waals surface area contributed by atoms with Gasteiger partial charge in [-0.1, -0.05) is 0 Å². The first-order valence-electron chi connectivity index (χ1n) is 10.3. The molecule has 0 saturated carbocycles. The number of carbonyl (C=O) groups excluding carboxylic acids is 1. The maximum absolute atomic E-state index is 13.0. The number of fused-ring (bicyclic) bond motifs is 6. The Kier molecular flexibility index (Phi) is 4.48. The number of anilines is 2. The summed E-state index contributed by atoms with van der Waals surface area (Å²) in [5.41, 5.74) is 1.06. The van der Waals surface area contributed by atoms with Crippen molar-refractivity contribution in [1.82, 2.24) is 15.0 Å². The zero-order chi connectivity index (χ0) is 24.3. The second kappa shape index (κ2) is 7.47. The van der Waals surface area contributed by atoms with E-state index in [-0.39, 0.29) is 40.2 Å². The van der Waals surface area contributed by atoms with Crippen molar-refractivity contribution in [2.75, 3.05) is 12.4 Å². The molecule has 174 valence electrons. The molecule has 3 heterocycles. The van der Waals surface area contributed by atoms with E-state index >= 15 is 0 Å². The number of nitrogens with zero attached hydrogens (tertiary/aromatic N) is 3. The Morgan fingerprint density at radius 2 is 1.60 bits per heavy atom. The topological polar surface area (TPSA) is 136 Å². The molecule has 0 amide bonds. The third kappa shape index (κ3) is 3.18. The van der Waals surface area contributed by atoms with Crippen LogP contribution in [0.4, 0.5) is 11.6 Å². The minimum atomic E-state index is -1.39. The molecule has 0 atom stereocenters. The van der Waals surface area contributed by atoms with Crippen LogP contribution in [-0.4, -0.2) is 38.2 Å². The van der Waals surface area contributed by atoms with Gasteiger partial charge in [0.1, 0.15) is 23.0 Å². The highest BCUT2D eigenvalue weighted by Gasteiger charge is 2.53. The van der Waals surface area contributed by atoms with E-state index in [0.29, 0.717) is 27.9 Å². The summed E-state index contributed by atoms with van der Waals surface area (Å²) < 4.78 is 17.1.